The molecule has 0 aliphatic carbocycles. The number of carbonyl (C=O) groups excluding carboxylic acids is 2. The van der Waals surface area contributed by atoms with Crippen molar-refractivity contribution >= 4 is 22.1 Å². The second kappa shape index (κ2) is 17.9. The zero-order valence-electron chi connectivity index (χ0n) is 17.3. The molecule has 0 amide bonds. The molecule has 28 heavy (non-hydrogen) atoms. The topological polar surface area (TPSA) is 107 Å². The Balaban J connectivity index is 3.34. The summed E-state index contributed by atoms with van der Waals surface area (Å²) in [5, 5.41) is 0. The quantitative estimate of drug-likeness (QED) is 0.186. The van der Waals surface area contributed by atoms with Crippen molar-refractivity contribution in [2.45, 2.75) is 96.8 Å². The van der Waals surface area contributed by atoms with E-state index in [0.29, 0.717) is 6.61 Å². The summed E-state index contributed by atoms with van der Waals surface area (Å²) in [4.78, 5) is 22.7. The molecule has 8 heteroatoms. The lowest BCUT2D eigenvalue weighted by Gasteiger charge is -2.06. The van der Waals surface area contributed by atoms with Crippen LogP contribution in [0, 0.1) is 0 Å². The zero-order valence-corrected chi connectivity index (χ0v) is 18.1. The van der Waals surface area contributed by atoms with Crippen molar-refractivity contribution in [3.8, 4) is 0 Å². The highest BCUT2D eigenvalue weighted by Gasteiger charge is 2.11. The summed E-state index contributed by atoms with van der Waals surface area (Å²) in [7, 11) is -4.18. The van der Waals surface area contributed by atoms with Crippen LogP contribution in [0.3, 0.4) is 0 Å². The van der Waals surface area contributed by atoms with Crippen molar-refractivity contribution in [3.63, 3.8) is 0 Å². The van der Waals surface area contributed by atoms with E-state index in [1.807, 2.05) is 0 Å². The van der Waals surface area contributed by atoms with Gasteiger partial charge in [-0.2, -0.15) is 8.42 Å². The number of esters is 2. The van der Waals surface area contributed by atoms with Crippen LogP contribution in [0.15, 0.2) is 0 Å². The fourth-order valence-electron chi connectivity index (χ4n) is 2.73. The lowest BCUT2D eigenvalue weighted by atomic mass is 10.1. The van der Waals surface area contributed by atoms with Crippen molar-refractivity contribution in [2.24, 2.45) is 0 Å². The van der Waals surface area contributed by atoms with E-state index >= 15 is 0 Å². The first-order valence-corrected chi connectivity index (χ1v) is 12.2. The van der Waals surface area contributed by atoms with Crippen LogP contribution >= 0.6 is 0 Å². The van der Waals surface area contributed by atoms with Crippen molar-refractivity contribution in [2.75, 3.05) is 19.0 Å². The maximum atomic E-state index is 11.5. The molecule has 0 saturated heterocycles. The summed E-state index contributed by atoms with van der Waals surface area (Å²) in [5.41, 5.74) is 0. The third-order valence-corrected chi connectivity index (χ3v) is 5.11. The maximum Gasteiger partial charge on any atom is 0.309 e. The van der Waals surface area contributed by atoms with E-state index in [0.717, 1.165) is 19.3 Å². The van der Waals surface area contributed by atoms with Gasteiger partial charge in [0.25, 0.3) is 10.1 Å². The molecule has 0 aliphatic heterocycles. The summed E-state index contributed by atoms with van der Waals surface area (Å²) in [6.07, 6.45) is 14.4. The number of hydrogen-bond acceptors (Lipinski definition) is 6. The zero-order chi connectivity index (χ0) is 21.1. The molecule has 7 nitrogen and oxygen atoms in total. The highest BCUT2D eigenvalue weighted by molar-refractivity contribution is 7.85. The normalized spacial score (nSPS) is 11.4. The monoisotopic (exact) mass is 422 g/mol. The van der Waals surface area contributed by atoms with Gasteiger partial charge in [-0.1, -0.05) is 77.6 Å². The molecule has 0 saturated carbocycles. The van der Waals surface area contributed by atoms with Gasteiger partial charge in [-0.25, -0.2) is 0 Å². The van der Waals surface area contributed by atoms with E-state index in [2.05, 4.69) is 6.92 Å². The first kappa shape index (κ1) is 26.9. The fourth-order valence-corrected chi connectivity index (χ4v) is 3.16. The minimum absolute atomic E-state index is 0.0597. The average molecular weight is 423 g/mol. The van der Waals surface area contributed by atoms with Gasteiger partial charge < -0.3 is 9.47 Å². The third-order valence-electron chi connectivity index (χ3n) is 4.39. The van der Waals surface area contributed by atoms with Crippen molar-refractivity contribution < 1.29 is 32.0 Å². The molecule has 0 rings (SSSR count). The highest BCUT2D eigenvalue weighted by atomic mass is 32.2. The fraction of sp³-hybridized carbons (Fsp3) is 0.900. The number of hydrogen-bond donors (Lipinski definition) is 1. The molecular weight excluding hydrogens is 384 g/mol. The van der Waals surface area contributed by atoms with Gasteiger partial charge in [-0.15, -0.1) is 0 Å². The maximum absolute atomic E-state index is 11.5. The smallest absolute Gasteiger partial charge is 0.309 e. The number of ether oxygens (including phenoxy) is 2. The van der Waals surface area contributed by atoms with E-state index in [1.165, 1.54) is 57.8 Å². The van der Waals surface area contributed by atoms with Gasteiger partial charge in [0.05, 0.1) is 25.2 Å². The molecule has 0 heterocycles. The molecule has 0 unspecified atom stereocenters. The lowest BCUT2D eigenvalue weighted by molar-refractivity contribution is -0.149. The summed E-state index contributed by atoms with van der Waals surface area (Å²) < 4.78 is 39.3. The summed E-state index contributed by atoms with van der Waals surface area (Å²) in [6.45, 7) is 2.45. The van der Waals surface area contributed by atoms with Gasteiger partial charge in [0, 0.05) is 0 Å². The molecule has 0 aromatic heterocycles. The Morgan fingerprint density at radius 2 is 1.11 bits per heavy atom. The Morgan fingerprint density at radius 3 is 1.61 bits per heavy atom. The molecule has 0 fully saturated rings. The second-order valence-corrected chi connectivity index (χ2v) is 8.69. The Bertz CT molecular complexity index is 503. The summed E-state index contributed by atoms with van der Waals surface area (Å²) in [5.74, 6) is -1.90. The van der Waals surface area contributed by atoms with Crippen molar-refractivity contribution in [1.29, 1.82) is 0 Å². The molecule has 1 N–H and O–H groups in total. The van der Waals surface area contributed by atoms with Crippen LogP contribution in [0.5, 0.6) is 0 Å². The van der Waals surface area contributed by atoms with E-state index in [1.54, 1.807) is 0 Å². The van der Waals surface area contributed by atoms with Crippen LogP contribution < -0.4 is 0 Å². The van der Waals surface area contributed by atoms with Crippen LogP contribution in [0.2, 0.25) is 0 Å². The molecule has 0 radical (unpaired) electrons. The molecule has 0 atom stereocenters. The predicted octanol–water partition coefficient (Wildman–Crippen LogP) is 4.44. The van der Waals surface area contributed by atoms with Crippen LogP contribution in [0.4, 0.5) is 0 Å². The summed E-state index contributed by atoms with van der Waals surface area (Å²) >= 11 is 0. The van der Waals surface area contributed by atoms with Gasteiger partial charge in [-0.05, 0) is 6.42 Å². The van der Waals surface area contributed by atoms with Crippen LogP contribution in [0.1, 0.15) is 96.8 Å². The molecule has 0 aromatic carbocycles. The third kappa shape index (κ3) is 21.2. The van der Waals surface area contributed by atoms with Crippen LogP contribution in [-0.2, 0) is 29.2 Å². The van der Waals surface area contributed by atoms with Gasteiger partial charge in [0.1, 0.15) is 6.61 Å². The first-order chi connectivity index (χ1) is 13.3. The molecular formula is C20H38O7S. The van der Waals surface area contributed by atoms with Crippen LogP contribution in [-0.4, -0.2) is 43.9 Å². The van der Waals surface area contributed by atoms with Gasteiger partial charge in [0.2, 0.25) is 0 Å². The minimum Gasteiger partial charge on any atom is -0.466 e. The predicted molar refractivity (Wildman–Crippen MR) is 109 cm³/mol. The van der Waals surface area contributed by atoms with E-state index in [-0.39, 0.29) is 13.0 Å². The Hall–Kier alpha value is -1.15. The molecule has 0 bridgehead atoms. The Kier molecular flexibility index (Phi) is 17.2. The largest absolute Gasteiger partial charge is 0.466 e. The van der Waals surface area contributed by atoms with Gasteiger partial charge in [-0.3, -0.25) is 14.1 Å². The second-order valence-electron chi connectivity index (χ2n) is 7.12. The van der Waals surface area contributed by atoms with E-state index in [4.69, 9.17) is 14.0 Å². The molecule has 0 spiro atoms. The molecule has 0 aliphatic rings. The van der Waals surface area contributed by atoms with E-state index < -0.39 is 34.2 Å². The van der Waals surface area contributed by atoms with E-state index in [9.17, 15) is 18.0 Å². The molecule has 166 valence electrons. The number of rotatable bonds is 19. The van der Waals surface area contributed by atoms with Crippen molar-refractivity contribution in [3.05, 3.63) is 0 Å². The SMILES string of the molecule is CCCCCCCCCCCCCCOC(=O)CCOC(=O)CCS(=O)(=O)O. The Morgan fingerprint density at radius 1 is 0.679 bits per heavy atom. The van der Waals surface area contributed by atoms with Crippen molar-refractivity contribution in [1.82, 2.24) is 0 Å². The first-order valence-electron chi connectivity index (χ1n) is 10.6. The highest BCUT2D eigenvalue weighted by Crippen LogP contribution is 2.12. The molecule has 0 aromatic rings. The lowest BCUT2D eigenvalue weighted by Crippen LogP contribution is -2.15. The number of unbranched alkanes of at least 4 members (excludes halogenated alkanes) is 11. The standard InChI is InChI=1S/C20H38O7S/c1-2-3-4-5-6-7-8-9-10-11-12-13-16-26-19(21)14-17-27-20(22)15-18-28(23,24)25/h2-18H2,1H3,(H,23,24,25). The summed E-state index contributed by atoms with van der Waals surface area (Å²) in [6, 6.07) is 0. The number of carbonyl (C=O) groups is 2. The average Bonchev–Trinajstić information content (AvgIpc) is 2.63. The minimum atomic E-state index is -4.18. The van der Waals surface area contributed by atoms with Gasteiger partial charge >= 0.3 is 11.9 Å². The van der Waals surface area contributed by atoms with Gasteiger partial charge in [0.15, 0.2) is 0 Å². The van der Waals surface area contributed by atoms with Crippen LogP contribution in [0.25, 0.3) is 0 Å². The Labute approximate surface area is 170 Å².